The van der Waals surface area contributed by atoms with Gasteiger partial charge in [-0.05, 0) is 51.2 Å². The van der Waals surface area contributed by atoms with Crippen LogP contribution in [0, 0.1) is 5.82 Å². The Morgan fingerprint density at radius 2 is 1.93 bits per heavy atom. The zero-order valence-electron chi connectivity index (χ0n) is 17.6. The van der Waals surface area contributed by atoms with E-state index in [1.807, 2.05) is 0 Å². The molecule has 9 heteroatoms. The summed E-state index contributed by atoms with van der Waals surface area (Å²) in [5.74, 6) is -0.241. The molecular formula is C21H34FNO6S. The van der Waals surface area contributed by atoms with E-state index < -0.39 is 21.9 Å². The lowest BCUT2D eigenvalue weighted by atomic mass is 10.1. The molecule has 0 bridgehead atoms. The Bertz CT molecular complexity index is 713. The van der Waals surface area contributed by atoms with Crippen LogP contribution < -0.4 is 9.46 Å². The summed E-state index contributed by atoms with van der Waals surface area (Å²) in [6.07, 6.45) is 4.22. The zero-order valence-corrected chi connectivity index (χ0v) is 18.5. The molecule has 1 aromatic carbocycles. The van der Waals surface area contributed by atoms with Gasteiger partial charge in [0.15, 0.2) is 0 Å². The fourth-order valence-electron chi connectivity index (χ4n) is 2.79. The zero-order chi connectivity index (χ0) is 22.2. The lowest BCUT2D eigenvalue weighted by molar-refractivity contribution is -0.143. The Morgan fingerprint density at radius 1 is 1.17 bits per heavy atom. The first-order chi connectivity index (χ1) is 14.3. The quantitative estimate of drug-likeness (QED) is 0.281. The van der Waals surface area contributed by atoms with Gasteiger partial charge in [-0.2, -0.15) is 0 Å². The van der Waals surface area contributed by atoms with E-state index >= 15 is 0 Å². The first-order valence-corrected chi connectivity index (χ1v) is 12.2. The number of hydrogen-bond acceptors (Lipinski definition) is 6. The van der Waals surface area contributed by atoms with Crippen LogP contribution in [0.25, 0.3) is 0 Å². The average molecular weight is 448 g/mol. The van der Waals surface area contributed by atoms with Crippen LogP contribution in [-0.2, 0) is 19.6 Å². The van der Waals surface area contributed by atoms with Crippen LogP contribution in [-0.4, -0.2) is 51.1 Å². The smallest absolute Gasteiger partial charge is 0.305 e. The molecule has 7 nitrogen and oxygen atoms in total. The lowest BCUT2D eigenvalue weighted by Gasteiger charge is -2.12. The number of carbonyl (C=O) groups is 1. The fourth-order valence-corrected chi connectivity index (χ4v) is 3.97. The maximum Gasteiger partial charge on any atom is 0.305 e. The summed E-state index contributed by atoms with van der Waals surface area (Å²) in [7, 11) is -3.33. The number of benzene rings is 1. The summed E-state index contributed by atoms with van der Waals surface area (Å²) in [4.78, 5) is 11.2. The van der Waals surface area contributed by atoms with Crippen molar-refractivity contribution in [3.8, 4) is 5.75 Å². The van der Waals surface area contributed by atoms with Crippen molar-refractivity contribution < 1.29 is 32.2 Å². The Balaban J connectivity index is 2.03. The number of ether oxygens (including phenoxy) is 2. The van der Waals surface area contributed by atoms with Crippen molar-refractivity contribution in [1.82, 2.24) is 4.72 Å². The number of aliphatic hydroxyl groups is 1. The van der Waals surface area contributed by atoms with Crippen molar-refractivity contribution in [3.63, 3.8) is 0 Å². The number of hydrogen-bond donors (Lipinski definition) is 2. The second-order valence-corrected chi connectivity index (χ2v) is 9.03. The molecule has 0 amide bonds. The Hall–Kier alpha value is -1.71. The molecule has 2 N–H and O–H groups in total. The molecule has 0 spiro atoms. The summed E-state index contributed by atoms with van der Waals surface area (Å²) in [5.41, 5.74) is 0. The third-order valence-electron chi connectivity index (χ3n) is 4.37. The van der Waals surface area contributed by atoms with Crippen molar-refractivity contribution in [2.24, 2.45) is 0 Å². The van der Waals surface area contributed by atoms with Crippen LogP contribution in [0.2, 0.25) is 0 Å². The third kappa shape index (κ3) is 13.5. The molecule has 172 valence electrons. The highest BCUT2D eigenvalue weighted by Gasteiger charge is 2.11. The molecule has 0 aromatic heterocycles. The fraction of sp³-hybridized carbons (Fsp3) is 0.667. The Kier molecular flexibility index (Phi) is 13.3. The van der Waals surface area contributed by atoms with E-state index in [0.717, 1.165) is 25.7 Å². The van der Waals surface area contributed by atoms with E-state index in [0.29, 0.717) is 44.6 Å². The molecule has 1 atom stereocenters. The van der Waals surface area contributed by atoms with E-state index in [-0.39, 0.29) is 18.3 Å². The normalized spacial score (nSPS) is 12.5. The molecule has 0 saturated heterocycles. The van der Waals surface area contributed by atoms with E-state index in [9.17, 15) is 22.7 Å². The van der Waals surface area contributed by atoms with Gasteiger partial charge in [0, 0.05) is 19.0 Å². The molecule has 0 heterocycles. The Labute approximate surface area is 179 Å². The predicted molar refractivity (Wildman–Crippen MR) is 113 cm³/mol. The van der Waals surface area contributed by atoms with Crippen molar-refractivity contribution in [2.45, 2.75) is 64.4 Å². The predicted octanol–water partition coefficient (Wildman–Crippen LogP) is 3.17. The molecule has 0 saturated carbocycles. The van der Waals surface area contributed by atoms with E-state index in [1.165, 1.54) is 18.2 Å². The average Bonchev–Trinajstić information content (AvgIpc) is 2.69. The monoisotopic (exact) mass is 447 g/mol. The van der Waals surface area contributed by atoms with Gasteiger partial charge in [-0.25, -0.2) is 17.5 Å². The number of halogens is 1. The molecule has 1 unspecified atom stereocenters. The second-order valence-electron chi connectivity index (χ2n) is 7.10. The number of aliphatic hydroxyl groups excluding tert-OH is 1. The van der Waals surface area contributed by atoms with E-state index in [2.05, 4.69) is 4.72 Å². The van der Waals surface area contributed by atoms with Gasteiger partial charge in [0.2, 0.25) is 10.0 Å². The topological polar surface area (TPSA) is 102 Å². The van der Waals surface area contributed by atoms with Gasteiger partial charge in [0.25, 0.3) is 0 Å². The number of carbonyl (C=O) groups excluding carboxylic acids is 1. The molecule has 1 aromatic rings. The number of rotatable bonds is 17. The summed E-state index contributed by atoms with van der Waals surface area (Å²) >= 11 is 0. The minimum atomic E-state index is -3.33. The van der Waals surface area contributed by atoms with Crippen LogP contribution >= 0.6 is 0 Å². The minimum absolute atomic E-state index is 0.00727. The van der Waals surface area contributed by atoms with Crippen LogP contribution in [0.3, 0.4) is 0 Å². The van der Waals surface area contributed by atoms with Crippen molar-refractivity contribution >= 4 is 16.0 Å². The van der Waals surface area contributed by atoms with Crippen LogP contribution in [0.4, 0.5) is 4.39 Å². The summed E-state index contributed by atoms with van der Waals surface area (Å²) < 4.78 is 49.7. The Morgan fingerprint density at radius 3 is 2.67 bits per heavy atom. The highest BCUT2D eigenvalue weighted by atomic mass is 32.2. The van der Waals surface area contributed by atoms with Crippen LogP contribution in [0.15, 0.2) is 24.3 Å². The van der Waals surface area contributed by atoms with Crippen LogP contribution in [0.5, 0.6) is 5.75 Å². The standard InChI is InChI=1S/C21H34FNO6S/c1-2-28-21(25)13-5-3-4-7-14-23-30(26,27)15-8-6-11-19(24)17-29-20-12-9-10-18(22)16-20/h9-10,12,16,19,23-24H,2-8,11,13-15,17H2,1H3. The third-order valence-corrected chi connectivity index (χ3v) is 5.84. The number of unbranched alkanes of at least 4 members (excludes halogenated alkanes) is 4. The first kappa shape index (κ1) is 26.3. The largest absolute Gasteiger partial charge is 0.491 e. The highest BCUT2D eigenvalue weighted by molar-refractivity contribution is 7.89. The molecule has 0 aliphatic carbocycles. The maximum absolute atomic E-state index is 13.1. The summed E-state index contributed by atoms with van der Waals surface area (Å²) in [5, 5.41) is 9.90. The molecule has 0 fully saturated rings. The van der Waals surface area contributed by atoms with Crippen molar-refractivity contribution in [1.29, 1.82) is 0 Å². The maximum atomic E-state index is 13.1. The molecule has 0 radical (unpaired) electrons. The van der Waals surface area contributed by atoms with Gasteiger partial charge in [0.05, 0.1) is 18.5 Å². The van der Waals surface area contributed by atoms with Gasteiger partial charge in [-0.3, -0.25) is 4.79 Å². The van der Waals surface area contributed by atoms with Crippen molar-refractivity contribution in [2.75, 3.05) is 25.5 Å². The van der Waals surface area contributed by atoms with Gasteiger partial charge in [0.1, 0.15) is 18.2 Å². The van der Waals surface area contributed by atoms with Gasteiger partial charge in [-0.1, -0.05) is 18.9 Å². The van der Waals surface area contributed by atoms with Gasteiger partial charge in [-0.15, -0.1) is 0 Å². The molecule has 0 aliphatic rings. The number of nitrogens with one attached hydrogen (secondary N) is 1. The molecular weight excluding hydrogens is 413 g/mol. The number of esters is 1. The molecule has 1 rings (SSSR count). The lowest BCUT2D eigenvalue weighted by Crippen LogP contribution is -2.27. The van der Waals surface area contributed by atoms with Crippen LogP contribution in [0.1, 0.15) is 58.3 Å². The van der Waals surface area contributed by atoms with Crippen molar-refractivity contribution in [3.05, 3.63) is 30.1 Å². The summed E-state index contributed by atoms with van der Waals surface area (Å²) in [6, 6.07) is 5.68. The van der Waals surface area contributed by atoms with E-state index in [4.69, 9.17) is 9.47 Å². The summed E-state index contributed by atoms with van der Waals surface area (Å²) in [6.45, 7) is 2.58. The SMILES string of the molecule is CCOC(=O)CCCCCCNS(=O)(=O)CCCCC(O)COc1cccc(F)c1. The van der Waals surface area contributed by atoms with Gasteiger partial charge < -0.3 is 14.6 Å². The first-order valence-electron chi connectivity index (χ1n) is 10.5. The second kappa shape index (κ2) is 15.1. The minimum Gasteiger partial charge on any atom is -0.491 e. The van der Waals surface area contributed by atoms with Gasteiger partial charge >= 0.3 is 5.97 Å². The molecule has 0 aliphatic heterocycles. The van der Waals surface area contributed by atoms with E-state index in [1.54, 1.807) is 13.0 Å². The molecule has 30 heavy (non-hydrogen) atoms. The highest BCUT2D eigenvalue weighted by Crippen LogP contribution is 2.13. The number of sulfonamides is 1.